The molecule has 1 aliphatic rings. The summed E-state index contributed by atoms with van der Waals surface area (Å²) >= 11 is 1.37. The Hall–Kier alpha value is -3.39. The van der Waals surface area contributed by atoms with Crippen LogP contribution >= 0.6 is 11.3 Å². The third-order valence-electron chi connectivity index (χ3n) is 4.12. The van der Waals surface area contributed by atoms with Crippen molar-refractivity contribution >= 4 is 45.0 Å². The Kier molecular flexibility index (Phi) is 5.60. The molecule has 1 amide bonds. The van der Waals surface area contributed by atoms with Gasteiger partial charge in [-0.15, -0.1) is 11.3 Å². The number of nitrogens with one attached hydrogen (secondary N) is 1. The van der Waals surface area contributed by atoms with Gasteiger partial charge in [-0.25, -0.2) is 9.59 Å². The molecule has 28 heavy (non-hydrogen) atoms. The third kappa shape index (κ3) is 3.54. The van der Waals surface area contributed by atoms with Gasteiger partial charge in [-0.05, 0) is 41.8 Å². The molecule has 7 nitrogen and oxygen atoms in total. The molecule has 1 aromatic carbocycles. The fourth-order valence-electron chi connectivity index (χ4n) is 2.78. The summed E-state index contributed by atoms with van der Waals surface area (Å²) in [5.74, 6) is -1.48. The first-order chi connectivity index (χ1) is 13.5. The average molecular weight is 398 g/mol. The van der Waals surface area contributed by atoms with E-state index < -0.39 is 11.9 Å². The molecule has 144 valence electrons. The monoisotopic (exact) mass is 398 g/mol. The molecule has 8 heteroatoms. The molecule has 0 saturated heterocycles. The highest BCUT2D eigenvalue weighted by atomic mass is 32.1. The van der Waals surface area contributed by atoms with Crippen LogP contribution in [0.5, 0.6) is 0 Å². The molecule has 0 spiro atoms. The summed E-state index contributed by atoms with van der Waals surface area (Å²) in [7, 11) is 4.08. The summed E-state index contributed by atoms with van der Waals surface area (Å²) in [6, 6.07) is 7.29. The highest BCUT2D eigenvalue weighted by Gasteiger charge is 2.27. The van der Waals surface area contributed by atoms with E-state index >= 15 is 0 Å². The predicted octanol–water partition coefficient (Wildman–Crippen LogP) is 2.75. The molecule has 0 saturated carbocycles. The minimum atomic E-state index is -0.673. The van der Waals surface area contributed by atoms with Crippen LogP contribution in [0, 0.1) is 0 Å². The van der Waals surface area contributed by atoms with Crippen molar-refractivity contribution in [3.8, 4) is 0 Å². The van der Waals surface area contributed by atoms with Crippen LogP contribution < -0.4 is 10.2 Å². The molecular formula is C20H18N2O5S. The lowest BCUT2D eigenvalue weighted by molar-refractivity contribution is -0.139. The molecule has 0 aliphatic carbocycles. The fourth-order valence-corrected chi connectivity index (χ4v) is 3.77. The predicted molar refractivity (Wildman–Crippen MR) is 107 cm³/mol. The second kappa shape index (κ2) is 8.10. The van der Waals surface area contributed by atoms with Gasteiger partial charge in [-0.3, -0.25) is 4.79 Å². The summed E-state index contributed by atoms with van der Waals surface area (Å²) in [4.78, 5) is 38.7. The average Bonchev–Trinajstić information content (AvgIpc) is 3.02. The topological polar surface area (TPSA) is 84.9 Å². The quantitative estimate of drug-likeness (QED) is 0.798. The van der Waals surface area contributed by atoms with Crippen LogP contribution in [0.15, 0.2) is 60.0 Å². The van der Waals surface area contributed by atoms with Gasteiger partial charge in [-0.2, -0.15) is 0 Å². The zero-order chi connectivity index (χ0) is 20.3. The first kappa shape index (κ1) is 19.4. The molecule has 1 aliphatic heterocycles. The van der Waals surface area contributed by atoms with Gasteiger partial charge in [0.25, 0.3) is 5.91 Å². The number of rotatable bonds is 4. The van der Waals surface area contributed by atoms with Crippen molar-refractivity contribution in [2.75, 3.05) is 26.2 Å². The van der Waals surface area contributed by atoms with Crippen LogP contribution in [0.4, 0.5) is 5.69 Å². The molecular weight excluding hydrogens is 380 g/mol. The summed E-state index contributed by atoms with van der Waals surface area (Å²) in [6.45, 7) is 0. The van der Waals surface area contributed by atoms with E-state index in [1.165, 1.54) is 31.6 Å². The summed E-state index contributed by atoms with van der Waals surface area (Å²) in [5.41, 5.74) is 0.756. The van der Waals surface area contributed by atoms with Crippen molar-refractivity contribution in [3.05, 3.63) is 64.8 Å². The number of thiophene rings is 1. The van der Waals surface area contributed by atoms with E-state index in [1.807, 2.05) is 12.1 Å². The van der Waals surface area contributed by atoms with E-state index in [-0.39, 0.29) is 17.2 Å². The number of amides is 1. The second-order valence-electron chi connectivity index (χ2n) is 5.73. The van der Waals surface area contributed by atoms with Gasteiger partial charge >= 0.3 is 11.9 Å². The van der Waals surface area contributed by atoms with Crippen LogP contribution in [0.3, 0.4) is 0 Å². The SMILES string of the molecule is CNC(=O)c1cc2cc(N3C=CC=CC(C(=O)OC)=C3C(=O)OC)ccc2s1. The molecule has 1 N–H and O–H groups in total. The van der Waals surface area contributed by atoms with Gasteiger partial charge in [-0.1, -0.05) is 6.08 Å². The largest absolute Gasteiger partial charge is 0.465 e. The third-order valence-corrected chi connectivity index (χ3v) is 5.23. The minimum Gasteiger partial charge on any atom is -0.465 e. The molecule has 2 heterocycles. The van der Waals surface area contributed by atoms with Crippen LogP contribution in [-0.2, 0) is 19.1 Å². The van der Waals surface area contributed by atoms with Crippen LogP contribution in [0.2, 0.25) is 0 Å². The van der Waals surface area contributed by atoms with E-state index in [4.69, 9.17) is 9.47 Å². The number of allylic oxidation sites excluding steroid dienone is 2. The summed E-state index contributed by atoms with van der Waals surface area (Å²) in [6.07, 6.45) is 6.50. The molecule has 0 bridgehead atoms. The second-order valence-corrected chi connectivity index (χ2v) is 6.81. The molecule has 3 rings (SSSR count). The molecule has 0 fully saturated rings. The van der Waals surface area contributed by atoms with E-state index in [0.717, 1.165) is 10.1 Å². The number of methoxy groups -OCH3 is 2. The smallest absolute Gasteiger partial charge is 0.355 e. The van der Waals surface area contributed by atoms with E-state index in [2.05, 4.69) is 5.32 Å². The van der Waals surface area contributed by atoms with Crippen LogP contribution in [-0.4, -0.2) is 39.1 Å². The normalized spacial score (nSPS) is 13.5. The van der Waals surface area contributed by atoms with Crippen molar-refractivity contribution < 1.29 is 23.9 Å². The number of carbonyl (C=O) groups excluding carboxylic acids is 3. The standard InChI is InChI=1S/C20H18N2O5S/c1-21-18(23)16-11-12-10-13(7-8-15(12)28-16)22-9-5-4-6-14(19(24)26-2)17(22)20(25)27-3/h4-11H,1-3H3,(H,21,23). The molecule has 0 radical (unpaired) electrons. The Bertz CT molecular complexity index is 1050. The van der Waals surface area contributed by atoms with Crippen molar-refractivity contribution in [3.63, 3.8) is 0 Å². The minimum absolute atomic E-state index is 0.0421. The maximum Gasteiger partial charge on any atom is 0.355 e. The summed E-state index contributed by atoms with van der Waals surface area (Å²) in [5, 5.41) is 3.45. The zero-order valence-corrected chi connectivity index (χ0v) is 16.3. The first-order valence-electron chi connectivity index (χ1n) is 8.30. The van der Waals surface area contributed by atoms with Crippen LogP contribution in [0.25, 0.3) is 10.1 Å². The number of ether oxygens (including phenoxy) is 2. The van der Waals surface area contributed by atoms with Gasteiger partial charge in [0.15, 0.2) is 0 Å². The molecule has 0 atom stereocenters. The van der Waals surface area contributed by atoms with Gasteiger partial charge in [0.05, 0.1) is 24.7 Å². The Morgan fingerprint density at radius 1 is 1.04 bits per heavy atom. The van der Waals surface area contributed by atoms with Crippen molar-refractivity contribution in [2.24, 2.45) is 0 Å². The number of nitrogens with zero attached hydrogens (tertiary/aromatic N) is 1. The summed E-state index contributed by atoms with van der Waals surface area (Å²) < 4.78 is 10.6. The molecule has 0 unspecified atom stereocenters. The Morgan fingerprint density at radius 2 is 1.79 bits per heavy atom. The highest BCUT2D eigenvalue weighted by Crippen LogP contribution is 2.32. The van der Waals surface area contributed by atoms with Gasteiger partial charge < -0.3 is 19.7 Å². The maximum absolute atomic E-state index is 12.5. The van der Waals surface area contributed by atoms with Crippen LogP contribution in [0.1, 0.15) is 9.67 Å². The Labute approximate surface area is 165 Å². The zero-order valence-electron chi connectivity index (χ0n) is 15.5. The molecule has 1 aromatic heterocycles. The van der Waals surface area contributed by atoms with E-state index in [9.17, 15) is 14.4 Å². The number of esters is 2. The molecule has 2 aromatic rings. The first-order valence-corrected chi connectivity index (χ1v) is 9.12. The number of anilines is 1. The lowest BCUT2D eigenvalue weighted by Crippen LogP contribution is -2.26. The lowest BCUT2D eigenvalue weighted by Gasteiger charge is -2.23. The van der Waals surface area contributed by atoms with E-state index in [1.54, 1.807) is 42.4 Å². The number of hydrogen-bond donors (Lipinski definition) is 1. The van der Waals surface area contributed by atoms with Crippen molar-refractivity contribution in [1.29, 1.82) is 0 Å². The fraction of sp³-hybridized carbons (Fsp3) is 0.150. The highest BCUT2D eigenvalue weighted by molar-refractivity contribution is 7.20. The lowest BCUT2D eigenvalue weighted by atomic mass is 10.1. The van der Waals surface area contributed by atoms with Gasteiger partial charge in [0.1, 0.15) is 5.70 Å². The van der Waals surface area contributed by atoms with Crippen molar-refractivity contribution in [2.45, 2.75) is 0 Å². The van der Waals surface area contributed by atoms with E-state index in [0.29, 0.717) is 10.6 Å². The number of benzene rings is 1. The maximum atomic E-state index is 12.5. The van der Waals surface area contributed by atoms with Gasteiger partial charge in [0, 0.05) is 23.6 Å². The Balaban J connectivity index is 2.15. The van der Waals surface area contributed by atoms with Gasteiger partial charge in [0.2, 0.25) is 0 Å². The number of hydrogen-bond acceptors (Lipinski definition) is 7. The van der Waals surface area contributed by atoms with Crippen molar-refractivity contribution in [1.82, 2.24) is 5.32 Å². The number of carbonyl (C=O) groups is 3. The number of fused-ring (bicyclic) bond motifs is 1. The Morgan fingerprint density at radius 3 is 2.46 bits per heavy atom.